The third-order valence-electron chi connectivity index (χ3n) is 4.92. The summed E-state index contributed by atoms with van der Waals surface area (Å²) in [5, 5.41) is 7.18. The number of hydrogen-bond acceptors (Lipinski definition) is 3. The average molecular weight is 529 g/mol. The fourth-order valence-electron chi connectivity index (χ4n) is 3.30. The lowest BCUT2D eigenvalue weighted by atomic mass is 10.2. The predicted octanol–water partition coefficient (Wildman–Crippen LogP) is 5.82. The largest absolute Gasteiger partial charge is 0.338 e. The lowest BCUT2D eigenvalue weighted by Gasteiger charge is -2.34. The SMILES string of the molecule is Cl.Cl.O=C(NCCCN1CCN(Cc2ccc(Cl)cc2)CC1)Nc1c(Cl)cccc1Cl. The Hall–Kier alpha value is -0.920. The van der Waals surface area contributed by atoms with Gasteiger partial charge in [0.05, 0.1) is 15.7 Å². The van der Waals surface area contributed by atoms with E-state index in [0.29, 0.717) is 22.3 Å². The van der Waals surface area contributed by atoms with Crippen LogP contribution in [0.25, 0.3) is 0 Å². The molecule has 1 aliphatic heterocycles. The van der Waals surface area contributed by atoms with Crippen LogP contribution in [0, 0.1) is 0 Å². The van der Waals surface area contributed by atoms with E-state index in [9.17, 15) is 4.79 Å². The van der Waals surface area contributed by atoms with Crippen molar-refractivity contribution in [3.8, 4) is 0 Å². The molecule has 2 aromatic rings. The van der Waals surface area contributed by atoms with Gasteiger partial charge in [0.25, 0.3) is 0 Å². The van der Waals surface area contributed by atoms with Crippen LogP contribution in [0.15, 0.2) is 42.5 Å². The lowest BCUT2D eigenvalue weighted by Crippen LogP contribution is -2.46. The Morgan fingerprint density at radius 3 is 2.06 bits per heavy atom. The smallest absolute Gasteiger partial charge is 0.319 e. The Labute approximate surface area is 211 Å². The van der Waals surface area contributed by atoms with Gasteiger partial charge in [-0.05, 0) is 42.8 Å². The Morgan fingerprint density at radius 1 is 0.871 bits per heavy atom. The van der Waals surface area contributed by atoms with Crippen molar-refractivity contribution in [3.05, 3.63) is 63.1 Å². The molecule has 172 valence electrons. The fraction of sp³-hybridized carbons (Fsp3) is 0.381. The van der Waals surface area contributed by atoms with Crippen molar-refractivity contribution in [1.29, 1.82) is 0 Å². The molecule has 0 aromatic heterocycles. The summed E-state index contributed by atoms with van der Waals surface area (Å²) in [6, 6.07) is 12.9. The van der Waals surface area contributed by atoms with Crippen LogP contribution in [0.3, 0.4) is 0 Å². The maximum absolute atomic E-state index is 12.0. The number of urea groups is 1. The van der Waals surface area contributed by atoms with Crippen LogP contribution in [-0.4, -0.2) is 55.1 Å². The number of nitrogens with zero attached hydrogens (tertiary/aromatic N) is 2. The van der Waals surface area contributed by atoms with Gasteiger partial charge in [0, 0.05) is 44.3 Å². The minimum atomic E-state index is -0.298. The van der Waals surface area contributed by atoms with E-state index in [2.05, 4.69) is 32.6 Å². The zero-order valence-corrected chi connectivity index (χ0v) is 20.9. The molecule has 0 saturated carbocycles. The molecule has 0 unspecified atom stereocenters. The minimum absolute atomic E-state index is 0. The normalized spacial score (nSPS) is 14.3. The van der Waals surface area contributed by atoms with Gasteiger partial charge in [0.15, 0.2) is 0 Å². The minimum Gasteiger partial charge on any atom is -0.338 e. The average Bonchev–Trinajstić information content (AvgIpc) is 2.71. The van der Waals surface area contributed by atoms with Crippen molar-refractivity contribution in [2.75, 3.05) is 44.6 Å². The molecule has 0 aliphatic carbocycles. The molecule has 10 heteroatoms. The fourth-order valence-corrected chi connectivity index (χ4v) is 3.92. The summed E-state index contributed by atoms with van der Waals surface area (Å²) >= 11 is 18.1. The third-order valence-corrected chi connectivity index (χ3v) is 5.80. The van der Waals surface area contributed by atoms with E-state index in [4.69, 9.17) is 34.8 Å². The topological polar surface area (TPSA) is 47.6 Å². The molecule has 0 radical (unpaired) electrons. The molecule has 2 amide bonds. The van der Waals surface area contributed by atoms with Crippen molar-refractivity contribution in [1.82, 2.24) is 15.1 Å². The molecule has 2 aromatic carbocycles. The molecular weight excluding hydrogens is 502 g/mol. The van der Waals surface area contributed by atoms with Crippen LogP contribution in [0.4, 0.5) is 10.5 Å². The Balaban J connectivity index is 0.00000240. The van der Waals surface area contributed by atoms with E-state index in [0.717, 1.165) is 50.7 Å². The molecule has 1 saturated heterocycles. The van der Waals surface area contributed by atoms with Crippen molar-refractivity contribution in [2.45, 2.75) is 13.0 Å². The second-order valence-corrected chi connectivity index (χ2v) is 8.33. The standard InChI is InChI=1S/C21H25Cl3N4O.2ClH/c22-17-7-5-16(6-8-17)15-28-13-11-27(12-14-28)10-2-9-25-21(29)26-20-18(23)3-1-4-19(20)24;;/h1,3-8H,2,9-15H2,(H2,25,26,29);2*1H. The maximum atomic E-state index is 12.0. The molecule has 1 fully saturated rings. The van der Waals surface area contributed by atoms with Crippen molar-refractivity contribution in [3.63, 3.8) is 0 Å². The number of halogens is 5. The number of piperazine rings is 1. The van der Waals surface area contributed by atoms with Crippen molar-refractivity contribution >= 4 is 71.3 Å². The summed E-state index contributed by atoms with van der Waals surface area (Å²) < 4.78 is 0. The van der Waals surface area contributed by atoms with E-state index in [1.54, 1.807) is 18.2 Å². The number of para-hydroxylation sites is 1. The van der Waals surface area contributed by atoms with Crippen molar-refractivity contribution in [2.24, 2.45) is 0 Å². The number of carbonyl (C=O) groups excluding carboxylic acids is 1. The van der Waals surface area contributed by atoms with Crippen LogP contribution in [0.1, 0.15) is 12.0 Å². The summed E-state index contributed by atoms with van der Waals surface area (Å²) in [4.78, 5) is 16.9. The van der Waals surface area contributed by atoms with Gasteiger partial charge in [0.2, 0.25) is 0 Å². The summed E-state index contributed by atoms with van der Waals surface area (Å²) in [6.07, 6.45) is 0.890. The molecule has 0 bridgehead atoms. The Kier molecular flexibility index (Phi) is 12.9. The first-order chi connectivity index (χ1) is 14.0. The van der Waals surface area contributed by atoms with Gasteiger partial charge < -0.3 is 15.5 Å². The van der Waals surface area contributed by atoms with Crippen LogP contribution >= 0.6 is 59.6 Å². The number of amides is 2. The van der Waals surface area contributed by atoms with Gasteiger partial charge in [-0.3, -0.25) is 4.90 Å². The first kappa shape index (κ1) is 28.1. The highest BCUT2D eigenvalue weighted by atomic mass is 35.5. The van der Waals surface area contributed by atoms with Crippen LogP contribution in [0.5, 0.6) is 0 Å². The maximum Gasteiger partial charge on any atom is 0.319 e. The number of rotatable bonds is 7. The third kappa shape index (κ3) is 9.22. The van der Waals surface area contributed by atoms with Gasteiger partial charge in [-0.1, -0.05) is 53.0 Å². The van der Waals surface area contributed by atoms with Crippen molar-refractivity contribution < 1.29 is 4.79 Å². The molecule has 31 heavy (non-hydrogen) atoms. The second kappa shape index (κ2) is 14.3. The van der Waals surface area contributed by atoms with Gasteiger partial charge in [-0.25, -0.2) is 4.79 Å². The molecule has 3 rings (SSSR count). The first-order valence-electron chi connectivity index (χ1n) is 9.69. The summed E-state index contributed by atoms with van der Waals surface area (Å²) in [5.74, 6) is 0. The zero-order chi connectivity index (χ0) is 20.6. The van der Waals surface area contributed by atoms with Crippen LogP contribution < -0.4 is 10.6 Å². The summed E-state index contributed by atoms with van der Waals surface area (Å²) in [6.45, 7) is 6.67. The molecule has 1 aliphatic rings. The van der Waals surface area contributed by atoms with Gasteiger partial charge in [0.1, 0.15) is 0 Å². The molecule has 5 nitrogen and oxygen atoms in total. The van der Waals surface area contributed by atoms with Crippen LogP contribution in [-0.2, 0) is 6.54 Å². The highest BCUT2D eigenvalue weighted by Crippen LogP contribution is 2.29. The van der Waals surface area contributed by atoms with E-state index in [1.165, 1.54) is 5.56 Å². The quantitative estimate of drug-likeness (QED) is 0.445. The van der Waals surface area contributed by atoms with Gasteiger partial charge >= 0.3 is 6.03 Å². The lowest BCUT2D eigenvalue weighted by molar-refractivity contribution is 0.126. The molecule has 0 spiro atoms. The number of nitrogens with one attached hydrogen (secondary N) is 2. The van der Waals surface area contributed by atoms with Gasteiger partial charge in [-0.15, -0.1) is 24.8 Å². The molecule has 1 heterocycles. The highest BCUT2D eigenvalue weighted by Gasteiger charge is 2.16. The molecule has 0 atom stereocenters. The number of carbonyl (C=O) groups is 1. The second-order valence-electron chi connectivity index (χ2n) is 7.08. The van der Waals surface area contributed by atoms with Gasteiger partial charge in [-0.2, -0.15) is 0 Å². The number of benzene rings is 2. The number of hydrogen-bond donors (Lipinski definition) is 2. The monoisotopic (exact) mass is 526 g/mol. The van der Waals surface area contributed by atoms with Crippen LogP contribution in [0.2, 0.25) is 15.1 Å². The molecular formula is C21H27Cl5N4O. The van der Waals surface area contributed by atoms with E-state index >= 15 is 0 Å². The van der Waals surface area contributed by atoms with E-state index < -0.39 is 0 Å². The Bertz CT molecular complexity index is 794. The highest BCUT2D eigenvalue weighted by molar-refractivity contribution is 6.39. The summed E-state index contributed by atoms with van der Waals surface area (Å²) in [7, 11) is 0. The zero-order valence-electron chi connectivity index (χ0n) is 17.0. The molecule has 2 N–H and O–H groups in total. The predicted molar refractivity (Wildman–Crippen MR) is 136 cm³/mol. The Morgan fingerprint density at radius 2 is 1.45 bits per heavy atom. The summed E-state index contributed by atoms with van der Waals surface area (Å²) in [5.41, 5.74) is 1.72. The number of anilines is 1. The first-order valence-corrected chi connectivity index (χ1v) is 10.8. The van der Waals surface area contributed by atoms with E-state index in [1.807, 2.05) is 12.1 Å². The van der Waals surface area contributed by atoms with E-state index in [-0.39, 0.29) is 30.8 Å².